The van der Waals surface area contributed by atoms with E-state index in [4.69, 9.17) is 0 Å². The van der Waals surface area contributed by atoms with Crippen molar-refractivity contribution >= 4 is 0 Å². The van der Waals surface area contributed by atoms with E-state index in [0.717, 1.165) is 6.54 Å². The molecule has 0 heterocycles. The molecule has 0 spiro atoms. The molecule has 0 aliphatic heterocycles. The van der Waals surface area contributed by atoms with Crippen LogP contribution in [0.5, 0.6) is 0 Å². The van der Waals surface area contributed by atoms with Crippen LogP contribution >= 0.6 is 0 Å². The van der Waals surface area contributed by atoms with Crippen molar-refractivity contribution in [2.45, 2.75) is 48.0 Å². The van der Waals surface area contributed by atoms with Gasteiger partial charge in [-0.25, -0.2) is 0 Å². The van der Waals surface area contributed by atoms with Crippen LogP contribution in [0, 0.1) is 10.8 Å². The zero-order valence-electron chi connectivity index (χ0n) is 10.6. The molecule has 0 radical (unpaired) electrons. The van der Waals surface area contributed by atoms with Crippen LogP contribution in [0.15, 0.2) is 0 Å². The van der Waals surface area contributed by atoms with Gasteiger partial charge in [0.05, 0.1) is 0 Å². The van der Waals surface area contributed by atoms with Crippen molar-refractivity contribution in [3.63, 3.8) is 0 Å². The maximum absolute atomic E-state index is 2.39. The third kappa shape index (κ3) is 7.06. The highest BCUT2D eigenvalue weighted by Gasteiger charge is 2.26. The van der Waals surface area contributed by atoms with Crippen LogP contribution < -0.4 is 0 Å². The standard InChI is InChI=1S/C12H27N/c1-8-13(7)10-12(5,6)9-11(2,3)4/h8-10H2,1-7H3. The molecular weight excluding hydrogens is 158 g/mol. The maximum Gasteiger partial charge on any atom is 0.00297 e. The van der Waals surface area contributed by atoms with Gasteiger partial charge in [0.25, 0.3) is 0 Å². The number of hydrogen-bond acceptors (Lipinski definition) is 1. The fraction of sp³-hybridized carbons (Fsp3) is 1.00. The first-order valence-corrected chi connectivity index (χ1v) is 5.35. The van der Waals surface area contributed by atoms with Crippen LogP contribution in [-0.4, -0.2) is 25.0 Å². The first-order valence-electron chi connectivity index (χ1n) is 5.35. The summed E-state index contributed by atoms with van der Waals surface area (Å²) in [6, 6.07) is 0. The second-order valence-corrected chi connectivity index (χ2v) is 6.23. The summed E-state index contributed by atoms with van der Waals surface area (Å²) in [6.45, 7) is 16.2. The van der Waals surface area contributed by atoms with Gasteiger partial charge in [-0.15, -0.1) is 0 Å². The average molecular weight is 185 g/mol. The predicted molar refractivity (Wildman–Crippen MR) is 61.0 cm³/mol. The van der Waals surface area contributed by atoms with E-state index < -0.39 is 0 Å². The molecule has 0 amide bonds. The van der Waals surface area contributed by atoms with E-state index >= 15 is 0 Å². The van der Waals surface area contributed by atoms with Crippen molar-refractivity contribution in [1.29, 1.82) is 0 Å². The summed E-state index contributed by atoms with van der Waals surface area (Å²) in [5.74, 6) is 0. The van der Waals surface area contributed by atoms with Gasteiger partial charge in [-0.3, -0.25) is 0 Å². The molecule has 0 aromatic carbocycles. The fourth-order valence-electron chi connectivity index (χ4n) is 2.33. The van der Waals surface area contributed by atoms with Gasteiger partial charge in [0.2, 0.25) is 0 Å². The van der Waals surface area contributed by atoms with Gasteiger partial charge in [0, 0.05) is 6.54 Å². The minimum absolute atomic E-state index is 0.434. The van der Waals surface area contributed by atoms with Gasteiger partial charge >= 0.3 is 0 Å². The Morgan fingerprint density at radius 2 is 1.46 bits per heavy atom. The minimum Gasteiger partial charge on any atom is -0.306 e. The number of rotatable bonds is 4. The fourth-order valence-corrected chi connectivity index (χ4v) is 2.33. The predicted octanol–water partition coefficient (Wildman–Crippen LogP) is 3.40. The van der Waals surface area contributed by atoms with Crippen LogP contribution in [-0.2, 0) is 0 Å². The molecule has 0 unspecified atom stereocenters. The van der Waals surface area contributed by atoms with Crippen molar-refractivity contribution in [2.24, 2.45) is 10.8 Å². The van der Waals surface area contributed by atoms with Crippen LogP contribution in [0.2, 0.25) is 0 Å². The molecule has 0 bridgehead atoms. The normalized spacial score (nSPS) is 13.8. The molecular formula is C12H27N. The van der Waals surface area contributed by atoms with Gasteiger partial charge < -0.3 is 4.90 Å². The first-order chi connectivity index (χ1) is 5.66. The SMILES string of the molecule is CCN(C)CC(C)(C)CC(C)(C)C. The highest BCUT2D eigenvalue weighted by molar-refractivity contribution is 4.78. The second kappa shape index (κ2) is 4.45. The number of nitrogens with zero attached hydrogens (tertiary/aromatic N) is 1. The lowest BCUT2D eigenvalue weighted by atomic mass is 9.76. The summed E-state index contributed by atoms with van der Waals surface area (Å²) >= 11 is 0. The van der Waals surface area contributed by atoms with Gasteiger partial charge in [0.15, 0.2) is 0 Å². The van der Waals surface area contributed by atoms with Crippen molar-refractivity contribution in [3.8, 4) is 0 Å². The Morgan fingerprint density at radius 3 is 1.77 bits per heavy atom. The highest BCUT2D eigenvalue weighted by atomic mass is 15.1. The summed E-state index contributed by atoms with van der Waals surface area (Å²) in [6.07, 6.45) is 1.28. The Morgan fingerprint density at radius 1 is 1.00 bits per heavy atom. The molecule has 0 saturated heterocycles. The molecule has 0 fully saturated rings. The van der Waals surface area contributed by atoms with Gasteiger partial charge in [-0.2, -0.15) is 0 Å². The average Bonchev–Trinajstić information content (AvgIpc) is 1.80. The Labute approximate surface area is 84.5 Å². The largest absolute Gasteiger partial charge is 0.306 e. The summed E-state index contributed by atoms with van der Waals surface area (Å²) < 4.78 is 0. The van der Waals surface area contributed by atoms with Crippen LogP contribution in [0.1, 0.15) is 48.0 Å². The Balaban J connectivity index is 4.08. The molecule has 0 N–H and O–H groups in total. The van der Waals surface area contributed by atoms with E-state index in [2.05, 4.69) is 53.5 Å². The van der Waals surface area contributed by atoms with E-state index in [1.54, 1.807) is 0 Å². The van der Waals surface area contributed by atoms with E-state index in [-0.39, 0.29) is 0 Å². The van der Waals surface area contributed by atoms with Gasteiger partial charge in [0.1, 0.15) is 0 Å². The van der Waals surface area contributed by atoms with Crippen molar-refractivity contribution in [3.05, 3.63) is 0 Å². The third-order valence-electron chi connectivity index (χ3n) is 2.25. The lowest BCUT2D eigenvalue weighted by molar-refractivity contribution is 0.150. The topological polar surface area (TPSA) is 3.24 Å². The van der Waals surface area contributed by atoms with Gasteiger partial charge in [-0.1, -0.05) is 41.5 Å². The van der Waals surface area contributed by atoms with Crippen LogP contribution in [0.4, 0.5) is 0 Å². The van der Waals surface area contributed by atoms with Gasteiger partial charge in [-0.05, 0) is 30.8 Å². The molecule has 0 aromatic heterocycles. The quantitative estimate of drug-likeness (QED) is 0.649. The molecule has 0 aromatic rings. The first kappa shape index (κ1) is 13.0. The molecule has 0 saturated carbocycles. The molecule has 1 nitrogen and oxygen atoms in total. The van der Waals surface area contributed by atoms with Crippen molar-refractivity contribution < 1.29 is 0 Å². The monoisotopic (exact) mass is 185 g/mol. The molecule has 0 rings (SSSR count). The molecule has 1 heteroatoms. The van der Waals surface area contributed by atoms with Crippen molar-refractivity contribution in [2.75, 3.05) is 20.1 Å². The molecule has 80 valence electrons. The lowest BCUT2D eigenvalue weighted by Gasteiger charge is -2.35. The van der Waals surface area contributed by atoms with E-state index in [9.17, 15) is 0 Å². The number of hydrogen-bond donors (Lipinski definition) is 0. The summed E-state index contributed by atoms with van der Waals surface area (Å²) in [5, 5.41) is 0. The Kier molecular flexibility index (Phi) is 4.44. The molecule has 0 aliphatic carbocycles. The third-order valence-corrected chi connectivity index (χ3v) is 2.25. The van der Waals surface area contributed by atoms with E-state index in [1.165, 1.54) is 13.0 Å². The summed E-state index contributed by atoms with van der Waals surface area (Å²) in [5.41, 5.74) is 0.876. The molecule has 0 aliphatic rings. The summed E-state index contributed by atoms with van der Waals surface area (Å²) in [4.78, 5) is 2.39. The van der Waals surface area contributed by atoms with E-state index in [0.29, 0.717) is 10.8 Å². The lowest BCUT2D eigenvalue weighted by Crippen LogP contribution is -2.34. The van der Waals surface area contributed by atoms with Crippen LogP contribution in [0.3, 0.4) is 0 Å². The second-order valence-electron chi connectivity index (χ2n) is 6.23. The molecule has 13 heavy (non-hydrogen) atoms. The zero-order valence-corrected chi connectivity index (χ0v) is 10.6. The summed E-state index contributed by atoms with van der Waals surface area (Å²) in [7, 11) is 2.20. The molecule has 0 atom stereocenters. The van der Waals surface area contributed by atoms with E-state index in [1.807, 2.05) is 0 Å². The van der Waals surface area contributed by atoms with Crippen molar-refractivity contribution in [1.82, 2.24) is 4.90 Å². The highest BCUT2D eigenvalue weighted by Crippen LogP contribution is 2.33. The smallest absolute Gasteiger partial charge is 0.00297 e. The Bertz CT molecular complexity index is 142. The Hall–Kier alpha value is -0.0400. The minimum atomic E-state index is 0.434. The van der Waals surface area contributed by atoms with Crippen LogP contribution in [0.25, 0.3) is 0 Å². The zero-order chi connectivity index (χ0) is 10.7. The maximum atomic E-state index is 2.39.